The summed E-state index contributed by atoms with van der Waals surface area (Å²) in [5.74, 6) is -0.412. The third kappa shape index (κ3) is 5.10. The van der Waals surface area contributed by atoms with Gasteiger partial charge in [0.15, 0.2) is 0 Å². The summed E-state index contributed by atoms with van der Waals surface area (Å²) >= 11 is 1.34. The highest BCUT2D eigenvalue weighted by atomic mass is 32.2. The number of nitrogens with zero attached hydrogens (tertiary/aromatic N) is 2. The minimum Gasteiger partial charge on any atom is -0.349 e. The Labute approximate surface area is 168 Å². The van der Waals surface area contributed by atoms with Gasteiger partial charge in [-0.3, -0.25) is 9.59 Å². The van der Waals surface area contributed by atoms with Crippen LogP contribution in [0.5, 0.6) is 0 Å². The van der Waals surface area contributed by atoms with Gasteiger partial charge in [0.2, 0.25) is 5.91 Å². The number of amides is 2. The Balaban J connectivity index is 1.54. The molecule has 1 aliphatic heterocycles. The number of carbonyl (C=O) groups excluding carboxylic acids is 2. The molecule has 5 nitrogen and oxygen atoms in total. The molecule has 7 heteroatoms. The average molecular weight is 402 g/mol. The van der Waals surface area contributed by atoms with Crippen LogP contribution in [0.3, 0.4) is 0 Å². The van der Waals surface area contributed by atoms with E-state index in [0.29, 0.717) is 10.6 Å². The minimum atomic E-state index is -0.351. The van der Waals surface area contributed by atoms with Gasteiger partial charge >= 0.3 is 0 Å². The Hall–Kier alpha value is -2.41. The normalized spacial score (nSPS) is 15.9. The van der Waals surface area contributed by atoms with Crippen LogP contribution in [-0.4, -0.2) is 40.0 Å². The highest BCUT2D eigenvalue weighted by Gasteiger charge is 2.21. The summed E-state index contributed by atoms with van der Waals surface area (Å²) in [5, 5.41) is 3.27. The van der Waals surface area contributed by atoms with Gasteiger partial charge in [0.1, 0.15) is 5.82 Å². The van der Waals surface area contributed by atoms with E-state index in [9.17, 15) is 14.0 Å². The van der Waals surface area contributed by atoms with Crippen molar-refractivity contribution in [1.82, 2.24) is 15.2 Å². The van der Waals surface area contributed by atoms with E-state index in [4.69, 9.17) is 0 Å². The third-order valence-corrected chi connectivity index (χ3v) is 5.82. The highest BCUT2D eigenvalue weighted by molar-refractivity contribution is 8.00. The Morgan fingerprint density at radius 2 is 1.79 bits per heavy atom. The molecule has 148 valence electrons. The molecule has 0 radical (unpaired) electrons. The van der Waals surface area contributed by atoms with E-state index in [0.717, 1.165) is 31.5 Å². The molecule has 1 fully saturated rings. The lowest BCUT2D eigenvalue weighted by Crippen LogP contribution is -2.33. The number of halogens is 1. The van der Waals surface area contributed by atoms with Crippen molar-refractivity contribution >= 4 is 23.6 Å². The fourth-order valence-electron chi connectivity index (χ4n) is 3.08. The van der Waals surface area contributed by atoms with Crippen LogP contribution in [0.15, 0.2) is 47.6 Å². The van der Waals surface area contributed by atoms with E-state index in [2.05, 4.69) is 10.3 Å². The Kier molecular flexibility index (Phi) is 6.67. The number of carbonyl (C=O) groups is 2. The number of hydrogen-bond acceptors (Lipinski definition) is 4. The van der Waals surface area contributed by atoms with Crippen LogP contribution in [0.1, 0.15) is 48.7 Å². The maximum absolute atomic E-state index is 13.0. The van der Waals surface area contributed by atoms with E-state index in [1.165, 1.54) is 23.9 Å². The SMILES string of the molecule is CC(Sc1ccc(C(=O)N2CCCC2)cn1)C(=O)NC(C)c1ccc(F)cc1. The van der Waals surface area contributed by atoms with Gasteiger partial charge in [0.25, 0.3) is 5.91 Å². The topological polar surface area (TPSA) is 62.3 Å². The van der Waals surface area contributed by atoms with Gasteiger partial charge in [-0.2, -0.15) is 0 Å². The quantitative estimate of drug-likeness (QED) is 0.748. The second-order valence-electron chi connectivity index (χ2n) is 6.93. The zero-order valence-electron chi connectivity index (χ0n) is 16.0. The number of aromatic nitrogens is 1. The number of rotatable bonds is 6. The number of pyridine rings is 1. The summed E-state index contributed by atoms with van der Waals surface area (Å²) in [6, 6.07) is 9.41. The van der Waals surface area contributed by atoms with Crippen LogP contribution < -0.4 is 5.32 Å². The smallest absolute Gasteiger partial charge is 0.255 e. The Bertz CT molecular complexity index is 821. The second-order valence-corrected chi connectivity index (χ2v) is 8.29. The first kappa shape index (κ1) is 20.3. The van der Waals surface area contributed by atoms with Gasteiger partial charge in [-0.25, -0.2) is 9.37 Å². The molecule has 1 aromatic heterocycles. The van der Waals surface area contributed by atoms with Gasteiger partial charge in [0.05, 0.1) is 21.9 Å². The van der Waals surface area contributed by atoms with Gasteiger partial charge < -0.3 is 10.2 Å². The van der Waals surface area contributed by atoms with Gasteiger partial charge in [-0.05, 0) is 56.5 Å². The molecule has 2 unspecified atom stereocenters. The maximum atomic E-state index is 13.0. The molecule has 0 spiro atoms. The lowest BCUT2D eigenvalue weighted by Gasteiger charge is -2.18. The molecular weight excluding hydrogens is 377 g/mol. The van der Waals surface area contributed by atoms with Crippen molar-refractivity contribution in [2.75, 3.05) is 13.1 Å². The summed E-state index contributed by atoms with van der Waals surface area (Å²) < 4.78 is 13.0. The lowest BCUT2D eigenvalue weighted by molar-refractivity contribution is -0.120. The zero-order chi connectivity index (χ0) is 20.1. The fraction of sp³-hybridized carbons (Fsp3) is 0.381. The van der Waals surface area contributed by atoms with Gasteiger partial charge in [-0.15, -0.1) is 0 Å². The number of thioether (sulfide) groups is 1. The predicted molar refractivity (Wildman–Crippen MR) is 108 cm³/mol. The van der Waals surface area contributed by atoms with Crippen molar-refractivity contribution < 1.29 is 14.0 Å². The van der Waals surface area contributed by atoms with Gasteiger partial charge in [-0.1, -0.05) is 23.9 Å². The van der Waals surface area contributed by atoms with Crippen LogP contribution in [0.4, 0.5) is 4.39 Å². The average Bonchev–Trinajstić information content (AvgIpc) is 3.23. The fourth-order valence-corrected chi connectivity index (χ4v) is 3.88. The standard InChI is InChI=1S/C21H24FN3O2S/c1-14(16-5-8-18(22)9-6-16)24-20(26)15(2)28-19-10-7-17(13-23-19)21(27)25-11-3-4-12-25/h5-10,13-15H,3-4,11-12H2,1-2H3,(H,24,26). The van der Waals surface area contributed by atoms with Crippen molar-refractivity contribution in [3.05, 3.63) is 59.5 Å². The molecule has 1 saturated heterocycles. The number of nitrogens with one attached hydrogen (secondary N) is 1. The highest BCUT2D eigenvalue weighted by Crippen LogP contribution is 2.23. The molecule has 2 aromatic rings. The molecule has 0 aliphatic carbocycles. The lowest BCUT2D eigenvalue weighted by atomic mass is 10.1. The largest absolute Gasteiger partial charge is 0.349 e. The van der Waals surface area contributed by atoms with Crippen molar-refractivity contribution in [3.63, 3.8) is 0 Å². The number of hydrogen-bond donors (Lipinski definition) is 1. The molecule has 2 heterocycles. The summed E-state index contributed by atoms with van der Waals surface area (Å²) in [4.78, 5) is 31.0. The molecule has 3 rings (SSSR count). The van der Waals surface area contributed by atoms with E-state index in [1.807, 2.05) is 18.7 Å². The Morgan fingerprint density at radius 1 is 1.11 bits per heavy atom. The molecule has 1 N–H and O–H groups in total. The van der Waals surface area contributed by atoms with Crippen molar-refractivity contribution in [2.24, 2.45) is 0 Å². The first-order chi connectivity index (χ1) is 13.4. The predicted octanol–water partition coefficient (Wildman–Crippen LogP) is 3.81. The minimum absolute atomic E-state index is 0.0143. The summed E-state index contributed by atoms with van der Waals surface area (Å²) in [7, 11) is 0. The maximum Gasteiger partial charge on any atom is 0.255 e. The monoisotopic (exact) mass is 401 g/mol. The summed E-state index contributed by atoms with van der Waals surface area (Å²) in [6.45, 7) is 5.28. The van der Waals surface area contributed by atoms with Gasteiger partial charge in [0, 0.05) is 19.3 Å². The van der Waals surface area contributed by atoms with Crippen molar-refractivity contribution in [2.45, 2.75) is 43.0 Å². The molecule has 0 saturated carbocycles. The molecule has 1 aromatic carbocycles. The zero-order valence-corrected chi connectivity index (χ0v) is 16.8. The van der Waals surface area contributed by atoms with E-state index >= 15 is 0 Å². The number of likely N-dealkylation sites (tertiary alicyclic amines) is 1. The number of benzene rings is 1. The molecule has 0 bridgehead atoms. The van der Waals surface area contributed by atoms with Crippen LogP contribution in [0.2, 0.25) is 0 Å². The third-order valence-electron chi connectivity index (χ3n) is 4.77. The van der Waals surface area contributed by atoms with Crippen LogP contribution in [0.25, 0.3) is 0 Å². The second kappa shape index (κ2) is 9.19. The van der Waals surface area contributed by atoms with E-state index in [-0.39, 0.29) is 28.9 Å². The molecule has 2 amide bonds. The van der Waals surface area contributed by atoms with Crippen LogP contribution in [0, 0.1) is 5.82 Å². The molecule has 2 atom stereocenters. The van der Waals surface area contributed by atoms with E-state index in [1.54, 1.807) is 30.5 Å². The molecule has 28 heavy (non-hydrogen) atoms. The van der Waals surface area contributed by atoms with Crippen LogP contribution >= 0.6 is 11.8 Å². The first-order valence-electron chi connectivity index (χ1n) is 9.42. The molecule has 1 aliphatic rings. The van der Waals surface area contributed by atoms with Crippen molar-refractivity contribution in [3.8, 4) is 0 Å². The van der Waals surface area contributed by atoms with E-state index < -0.39 is 0 Å². The molecular formula is C21H24FN3O2S. The summed E-state index contributed by atoms with van der Waals surface area (Å²) in [6.07, 6.45) is 3.68. The van der Waals surface area contributed by atoms with Crippen molar-refractivity contribution in [1.29, 1.82) is 0 Å². The summed E-state index contributed by atoms with van der Waals surface area (Å²) in [5.41, 5.74) is 1.42. The first-order valence-corrected chi connectivity index (χ1v) is 10.3. The van der Waals surface area contributed by atoms with Crippen LogP contribution in [-0.2, 0) is 4.79 Å². The Morgan fingerprint density at radius 3 is 2.39 bits per heavy atom.